The van der Waals surface area contributed by atoms with Crippen LogP contribution in [0, 0.1) is 0 Å². The SMILES string of the molecule is O=C1O[C@H]([C@@H](O)C(=O)O)[C@@H](O)[C@H]1O. The molecule has 1 aliphatic heterocycles. The molecule has 0 radical (unpaired) electrons. The van der Waals surface area contributed by atoms with Gasteiger partial charge in [-0.25, -0.2) is 9.59 Å². The molecule has 0 unspecified atom stereocenters. The summed E-state index contributed by atoms with van der Waals surface area (Å²) in [6.45, 7) is 0. The van der Waals surface area contributed by atoms with E-state index in [-0.39, 0.29) is 0 Å². The van der Waals surface area contributed by atoms with Gasteiger partial charge >= 0.3 is 11.9 Å². The van der Waals surface area contributed by atoms with Gasteiger partial charge in [0.25, 0.3) is 0 Å². The van der Waals surface area contributed by atoms with Crippen LogP contribution in [0.4, 0.5) is 0 Å². The van der Waals surface area contributed by atoms with Crippen molar-refractivity contribution in [2.45, 2.75) is 24.4 Å². The second-order valence-electron chi connectivity index (χ2n) is 2.62. The third-order valence-corrected chi connectivity index (χ3v) is 1.72. The van der Waals surface area contributed by atoms with E-state index in [1.54, 1.807) is 0 Å². The summed E-state index contributed by atoms with van der Waals surface area (Å²) in [5, 5.41) is 35.0. The molecular weight excluding hydrogens is 184 g/mol. The van der Waals surface area contributed by atoms with E-state index < -0.39 is 36.4 Å². The molecular formula is C6H8O7. The predicted octanol–water partition coefficient (Wildman–Crippen LogP) is -2.92. The van der Waals surface area contributed by atoms with Gasteiger partial charge in [0, 0.05) is 0 Å². The molecule has 0 saturated carbocycles. The lowest BCUT2D eigenvalue weighted by Gasteiger charge is -2.15. The van der Waals surface area contributed by atoms with E-state index in [4.69, 9.17) is 20.4 Å². The maximum Gasteiger partial charge on any atom is 0.338 e. The van der Waals surface area contributed by atoms with Crippen LogP contribution in [-0.2, 0) is 14.3 Å². The third kappa shape index (κ3) is 1.62. The largest absolute Gasteiger partial charge is 0.479 e. The summed E-state index contributed by atoms with van der Waals surface area (Å²) in [5.41, 5.74) is 0. The van der Waals surface area contributed by atoms with Crippen molar-refractivity contribution >= 4 is 11.9 Å². The highest BCUT2D eigenvalue weighted by atomic mass is 16.6. The summed E-state index contributed by atoms with van der Waals surface area (Å²) in [6, 6.07) is 0. The van der Waals surface area contributed by atoms with Crippen LogP contribution in [0.25, 0.3) is 0 Å². The summed E-state index contributed by atoms with van der Waals surface area (Å²) in [6.07, 6.45) is -7.14. The van der Waals surface area contributed by atoms with Gasteiger partial charge in [-0.2, -0.15) is 0 Å². The predicted molar refractivity (Wildman–Crippen MR) is 35.5 cm³/mol. The summed E-state index contributed by atoms with van der Waals surface area (Å²) < 4.78 is 4.24. The Bertz CT molecular complexity index is 237. The Balaban J connectivity index is 2.73. The second-order valence-corrected chi connectivity index (χ2v) is 2.62. The number of aliphatic hydroxyl groups is 3. The molecule has 1 rings (SSSR count). The Morgan fingerprint density at radius 2 is 2.00 bits per heavy atom. The highest BCUT2D eigenvalue weighted by molar-refractivity contribution is 5.80. The van der Waals surface area contributed by atoms with Crippen molar-refractivity contribution in [1.82, 2.24) is 0 Å². The first kappa shape index (κ1) is 9.90. The molecule has 0 aromatic carbocycles. The zero-order valence-electron chi connectivity index (χ0n) is 6.32. The van der Waals surface area contributed by atoms with Crippen LogP contribution in [-0.4, -0.2) is 56.8 Å². The Kier molecular flexibility index (Phi) is 2.50. The number of esters is 1. The van der Waals surface area contributed by atoms with Gasteiger partial charge < -0.3 is 25.2 Å². The fourth-order valence-electron chi connectivity index (χ4n) is 0.984. The van der Waals surface area contributed by atoms with Gasteiger partial charge in [0.2, 0.25) is 0 Å². The van der Waals surface area contributed by atoms with Crippen LogP contribution in [0.5, 0.6) is 0 Å². The number of carboxylic acid groups (broad SMARTS) is 1. The van der Waals surface area contributed by atoms with E-state index in [0.717, 1.165) is 0 Å². The molecule has 1 saturated heterocycles. The topological polar surface area (TPSA) is 124 Å². The minimum Gasteiger partial charge on any atom is -0.479 e. The molecule has 0 spiro atoms. The van der Waals surface area contributed by atoms with Crippen molar-refractivity contribution in [3.8, 4) is 0 Å². The zero-order chi connectivity index (χ0) is 10.2. The Hall–Kier alpha value is -1.18. The van der Waals surface area contributed by atoms with E-state index in [9.17, 15) is 9.59 Å². The standard InChI is InChI=1S/C6H8O7/c7-1-2(8)6(12)13-4(1)3(9)5(10)11/h1-4,7-9H,(H,10,11)/t1-,2+,3+,4-/m0/s1. The highest BCUT2D eigenvalue weighted by Crippen LogP contribution is 2.18. The minimum atomic E-state index is -2.03. The summed E-state index contributed by atoms with van der Waals surface area (Å²) >= 11 is 0. The second kappa shape index (κ2) is 3.29. The molecule has 7 nitrogen and oxygen atoms in total. The third-order valence-electron chi connectivity index (χ3n) is 1.72. The summed E-state index contributed by atoms with van der Waals surface area (Å²) in [4.78, 5) is 20.8. The van der Waals surface area contributed by atoms with E-state index in [1.807, 2.05) is 0 Å². The van der Waals surface area contributed by atoms with Crippen molar-refractivity contribution in [1.29, 1.82) is 0 Å². The van der Waals surface area contributed by atoms with Gasteiger partial charge in [0.05, 0.1) is 0 Å². The van der Waals surface area contributed by atoms with Crippen molar-refractivity contribution in [2.75, 3.05) is 0 Å². The van der Waals surface area contributed by atoms with Crippen LogP contribution < -0.4 is 0 Å². The molecule has 74 valence electrons. The van der Waals surface area contributed by atoms with Gasteiger partial charge in [-0.15, -0.1) is 0 Å². The van der Waals surface area contributed by atoms with Crippen LogP contribution >= 0.6 is 0 Å². The average Bonchev–Trinajstić information content (AvgIpc) is 2.31. The van der Waals surface area contributed by atoms with E-state index in [1.165, 1.54) is 0 Å². The van der Waals surface area contributed by atoms with Crippen molar-refractivity contribution < 1.29 is 34.8 Å². The highest BCUT2D eigenvalue weighted by Gasteiger charge is 2.48. The summed E-state index contributed by atoms with van der Waals surface area (Å²) in [7, 11) is 0. The molecule has 0 amide bonds. The fraction of sp³-hybridized carbons (Fsp3) is 0.667. The molecule has 0 aliphatic carbocycles. The lowest BCUT2D eigenvalue weighted by atomic mass is 10.1. The smallest absolute Gasteiger partial charge is 0.338 e. The number of aliphatic hydroxyl groups excluding tert-OH is 3. The molecule has 1 fully saturated rings. The Morgan fingerprint density at radius 1 is 1.46 bits per heavy atom. The number of aliphatic carboxylic acids is 1. The first-order chi connectivity index (χ1) is 5.95. The normalized spacial score (nSPS) is 35.6. The number of carbonyl (C=O) groups excluding carboxylic acids is 1. The first-order valence-corrected chi connectivity index (χ1v) is 3.42. The fourth-order valence-corrected chi connectivity index (χ4v) is 0.984. The Labute approximate surface area is 72.2 Å². The Morgan fingerprint density at radius 3 is 2.31 bits per heavy atom. The number of carboxylic acids is 1. The maximum atomic E-state index is 10.6. The molecule has 4 atom stereocenters. The number of carbonyl (C=O) groups is 2. The molecule has 4 N–H and O–H groups in total. The van der Waals surface area contributed by atoms with Crippen LogP contribution in [0.15, 0.2) is 0 Å². The molecule has 7 heteroatoms. The van der Waals surface area contributed by atoms with Crippen molar-refractivity contribution in [3.05, 3.63) is 0 Å². The summed E-state index contributed by atoms with van der Waals surface area (Å²) in [5.74, 6) is -2.77. The number of ether oxygens (including phenoxy) is 1. The van der Waals surface area contributed by atoms with Crippen LogP contribution in [0.1, 0.15) is 0 Å². The number of cyclic esters (lactones) is 1. The monoisotopic (exact) mass is 192 g/mol. The molecule has 13 heavy (non-hydrogen) atoms. The van der Waals surface area contributed by atoms with E-state index in [2.05, 4.69) is 4.74 Å². The molecule has 0 aromatic rings. The van der Waals surface area contributed by atoms with Gasteiger partial charge in [0.1, 0.15) is 6.10 Å². The van der Waals surface area contributed by atoms with Gasteiger partial charge in [-0.1, -0.05) is 0 Å². The quantitative estimate of drug-likeness (QED) is 0.345. The molecule has 1 heterocycles. The average molecular weight is 192 g/mol. The molecule has 0 bridgehead atoms. The lowest BCUT2D eigenvalue weighted by Crippen LogP contribution is -2.42. The van der Waals surface area contributed by atoms with Crippen molar-refractivity contribution in [2.24, 2.45) is 0 Å². The van der Waals surface area contributed by atoms with Gasteiger partial charge in [-0.05, 0) is 0 Å². The lowest BCUT2D eigenvalue weighted by molar-refractivity contribution is -0.161. The molecule has 0 aromatic heterocycles. The van der Waals surface area contributed by atoms with E-state index in [0.29, 0.717) is 0 Å². The van der Waals surface area contributed by atoms with Crippen LogP contribution in [0.3, 0.4) is 0 Å². The van der Waals surface area contributed by atoms with Gasteiger partial charge in [-0.3, -0.25) is 0 Å². The maximum absolute atomic E-state index is 10.6. The zero-order valence-corrected chi connectivity index (χ0v) is 6.32. The minimum absolute atomic E-state index is 1.14. The van der Waals surface area contributed by atoms with E-state index >= 15 is 0 Å². The number of hydrogen-bond donors (Lipinski definition) is 4. The van der Waals surface area contributed by atoms with Crippen LogP contribution in [0.2, 0.25) is 0 Å². The van der Waals surface area contributed by atoms with Gasteiger partial charge in [0.15, 0.2) is 18.3 Å². The number of rotatable bonds is 2. The number of hydrogen-bond acceptors (Lipinski definition) is 6. The molecule has 1 aliphatic rings. The van der Waals surface area contributed by atoms with Crippen molar-refractivity contribution in [3.63, 3.8) is 0 Å². The first-order valence-electron chi connectivity index (χ1n) is 3.42.